The monoisotopic (exact) mass is 1250 g/mol. The summed E-state index contributed by atoms with van der Waals surface area (Å²) in [5.74, 6) is -9.85. The molecule has 3 heterocycles. The molecule has 23 atom stereocenters. The van der Waals surface area contributed by atoms with Gasteiger partial charge in [-0.2, -0.15) is 0 Å². The van der Waals surface area contributed by atoms with Crippen molar-refractivity contribution in [2.75, 3.05) is 27.3 Å². The molecule has 3 aliphatic rings. The van der Waals surface area contributed by atoms with Crippen molar-refractivity contribution in [2.45, 2.75) is 207 Å². The SMILES string of the molecule is COC(=O)[C@H]1[C@@H]2C[C@@H](O[C@@H]3O[C@H](C)[C@@H](O)[C@H](N(C)CC(=O)[C@@H](O)[C@H](O)[C@H](O)CO)[C@@H]3O)C=CC=CC=CC=CC=CC=CC=C[C@H](C)[C@@H](O)[C@@H](C)[C@H](C)OC(=O)C[C@H](O)C[C@H](O)CC[C@@H](O)[C@H](O)C[C@H](O)C[C@](O)(C[C@@H]1O)O2.N[C@@H](CC(=O)O)C(=O)O. The van der Waals surface area contributed by atoms with Crippen LogP contribution in [-0.4, -0.2) is 265 Å². The molecule has 2 saturated heterocycles. The highest BCUT2D eigenvalue weighted by atomic mass is 16.7. The number of likely N-dealkylation sites (N-methyl/N-ethyl adjacent to an activating group) is 1. The molecule has 28 heteroatoms. The van der Waals surface area contributed by atoms with E-state index >= 15 is 0 Å². The van der Waals surface area contributed by atoms with Gasteiger partial charge in [-0.05, 0) is 40.2 Å². The Morgan fingerprint density at radius 2 is 1.28 bits per heavy atom. The molecule has 0 spiro atoms. The number of carbonyl (C=O) groups is 5. The molecule has 2 bridgehead atoms. The van der Waals surface area contributed by atoms with Crippen molar-refractivity contribution in [3.63, 3.8) is 0 Å². The number of aliphatic carboxylic acids is 2. The lowest BCUT2D eigenvalue weighted by Crippen LogP contribution is -2.64. The Balaban J connectivity index is 0.00000264. The number of Topliss-reactive ketones (excluding diaryl/α,β-unsaturated/α-hetero) is 1. The van der Waals surface area contributed by atoms with Crippen LogP contribution in [0.3, 0.4) is 0 Å². The molecule has 28 nitrogen and oxygen atoms in total. The number of allylic oxidation sites excluding steroid dienone is 12. The second-order valence-corrected chi connectivity index (χ2v) is 22.3. The molecule has 87 heavy (non-hydrogen) atoms. The first kappa shape index (κ1) is 78.1. The fourth-order valence-electron chi connectivity index (χ4n) is 9.79. The number of esters is 2. The maximum absolute atomic E-state index is 13.3. The Kier molecular flexibility index (Phi) is 35.2. The van der Waals surface area contributed by atoms with Crippen molar-refractivity contribution in [2.24, 2.45) is 23.5 Å². The third kappa shape index (κ3) is 27.3. The van der Waals surface area contributed by atoms with Crippen LogP contribution in [0.5, 0.6) is 0 Å². The van der Waals surface area contributed by atoms with E-state index in [0.717, 1.165) is 7.11 Å². The van der Waals surface area contributed by atoms with Gasteiger partial charge in [0.05, 0.1) is 106 Å². The number of hydrogen-bond acceptors (Lipinski definition) is 26. The topological polar surface area (TPSA) is 484 Å². The molecule has 0 aromatic rings. The van der Waals surface area contributed by atoms with Gasteiger partial charge in [-0.3, -0.25) is 28.9 Å². The lowest BCUT2D eigenvalue weighted by atomic mass is 9.82. The summed E-state index contributed by atoms with van der Waals surface area (Å²) in [5.41, 5.74) is 4.84. The molecule has 0 aromatic carbocycles. The number of aliphatic hydroxyl groups excluding tert-OH is 13. The molecule has 3 rings (SSSR count). The van der Waals surface area contributed by atoms with Gasteiger partial charge in [0.2, 0.25) is 0 Å². The fraction of sp³-hybridized carbons (Fsp3) is 0.678. The first-order valence-electron chi connectivity index (χ1n) is 28.6. The predicted octanol–water partition coefficient (Wildman–Crippen LogP) is -2.71. The molecule has 0 saturated carbocycles. The number of carboxylic acid groups (broad SMARTS) is 2. The number of carboxylic acids is 2. The Morgan fingerprint density at radius 3 is 1.80 bits per heavy atom. The van der Waals surface area contributed by atoms with Gasteiger partial charge in [0.15, 0.2) is 17.9 Å². The van der Waals surface area contributed by atoms with Crippen molar-refractivity contribution in [1.29, 1.82) is 0 Å². The van der Waals surface area contributed by atoms with E-state index in [9.17, 15) is 95.5 Å². The normalized spacial score (nSPS) is 35.6. The van der Waals surface area contributed by atoms with Gasteiger partial charge in [-0.25, -0.2) is 0 Å². The zero-order valence-electron chi connectivity index (χ0n) is 49.8. The van der Waals surface area contributed by atoms with Gasteiger partial charge < -0.3 is 111 Å². The highest BCUT2D eigenvalue weighted by Gasteiger charge is 2.52. The fourth-order valence-corrected chi connectivity index (χ4v) is 9.79. The number of methoxy groups -OCH3 is 1. The van der Waals surface area contributed by atoms with Crippen LogP contribution in [0.4, 0.5) is 0 Å². The van der Waals surface area contributed by atoms with Crippen LogP contribution in [0.1, 0.15) is 85.5 Å². The quantitative estimate of drug-likeness (QED) is 0.0834. The minimum atomic E-state index is -2.38. The molecular formula is C59H94N2O26. The molecule has 0 amide bonds. The Labute approximate surface area is 505 Å². The van der Waals surface area contributed by atoms with Crippen LogP contribution < -0.4 is 5.73 Å². The van der Waals surface area contributed by atoms with Crippen molar-refractivity contribution in [1.82, 2.24) is 4.90 Å². The first-order valence-corrected chi connectivity index (χ1v) is 28.6. The van der Waals surface area contributed by atoms with Crippen LogP contribution in [0.15, 0.2) is 85.1 Å². The third-order valence-electron chi connectivity index (χ3n) is 15.0. The number of rotatable bonds is 13. The largest absolute Gasteiger partial charge is 0.481 e. The zero-order chi connectivity index (χ0) is 65.9. The average Bonchev–Trinajstić information content (AvgIpc) is 1.86. The summed E-state index contributed by atoms with van der Waals surface area (Å²) in [6, 6.07) is -2.62. The van der Waals surface area contributed by atoms with Crippen molar-refractivity contribution >= 4 is 29.7 Å². The standard InChI is InChI=1S/C55H87NO22.C4H7NO4/c1-31-19-17-15-13-11-9-7-8-10-12-14-16-18-20-38(77-54-52(71)47(49(68)34(4)76-54)56(5)29-42(64)50(69)51(70)43(65)30-57)26-44-46(53(72)74-6)41(63)28-55(73,78-44)27-37(60)24-40(62)39(61)22-21-35(58)23-36(59)25-45(66)75-33(3)32(2)48(31)67;5-2(4(8)9)1-3(6)7/h7-20,31-41,43-44,46-52,54,57-63,65,67-71,73H,21-30H2,1-6H3;2H,1,5H2,(H,6,7)(H,8,9)/t31-,32-,33-,34+,35+,36+,37-,38-,39+,40+,41-,43+,44-,46+,47-,48+,49+,50+,51+,52-,54-,55+;2-/m00/s1. The average molecular weight is 1250 g/mol. The van der Waals surface area contributed by atoms with E-state index in [-0.39, 0.29) is 31.6 Å². The number of nitrogens with zero attached hydrogens (tertiary/aromatic N) is 1. The van der Waals surface area contributed by atoms with E-state index in [0.29, 0.717) is 0 Å². The summed E-state index contributed by atoms with van der Waals surface area (Å²) in [4.78, 5) is 59.7. The number of aliphatic hydroxyl groups is 14. The summed E-state index contributed by atoms with van der Waals surface area (Å²) >= 11 is 0. The Hall–Kier alpha value is -5.03. The second kappa shape index (κ2) is 39.2. The van der Waals surface area contributed by atoms with E-state index in [1.165, 1.54) is 24.9 Å². The summed E-state index contributed by atoms with van der Waals surface area (Å²) in [7, 11) is 2.40. The molecule has 496 valence electrons. The maximum Gasteiger partial charge on any atom is 0.321 e. The number of ketones is 1. The van der Waals surface area contributed by atoms with Gasteiger partial charge in [0.25, 0.3) is 0 Å². The molecule has 3 aliphatic heterocycles. The number of hydrogen-bond donors (Lipinski definition) is 17. The van der Waals surface area contributed by atoms with Crippen LogP contribution in [0.2, 0.25) is 0 Å². The van der Waals surface area contributed by atoms with E-state index in [1.54, 1.807) is 92.8 Å². The maximum atomic E-state index is 13.3. The summed E-state index contributed by atoms with van der Waals surface area (Å²) in [6.07, 6.45) is -5.04. The van der Waals surface area contributed by atoms with Crippen LogP contribution >= 0.6 is 0 Å². The smallest absolute Gasteiger partial charge is 0.321 e. The lowest BCUT2D eigenvalue weighted by molar-refractivity contribution is -0.312. The van der Waals surface area contributed by atoms with Crippen molar-refractivity contribution in [3.8, 4) is 0 Å². The van der Waals surface area contributed by atoms with Crippen LogP contribution in [0.25, 0.3) is 0 Å². The molecule has 0 radical (unpaired) electrons. The highest BCUT2D eigenvalue weighted by Crippen LogP contribution is 2.39. The van der Waals surface area contributed by atoms with Crippen LogP contribution in [0, 0.1) is 17.8 Å². The molecule has 0 unspecified atom stereocenters. The van der Waals surface area contributed by atoms with E-state index in [2.05, 4.69) is 0 Å². The third-order valence-corrected chi connectivity index (χ3v) is 15.0. The second-order valence-electron chi connectivity index (χ2n) is 22.3. The summed E-state index contributed by atoms with van der Waals surface area (Å²) < 4.78 is 28.8. The summed E-state index contributed by atoms with van der Waals surface area (Å²) in [5, 5.41) is 167. The lowest BCUT2D eigenvalue weighted by Gasteiger charge is -2.47. The first-order chi connectivity index (χ1) is 40.8. The van der Waals surface area contributed by atoms with Crippen LogP contribution in [-0.2, 0) is 47.7 Å². The Morgan fingerprint density at radius 1 is 0.713 bits per heavy atom. The van der Waals surface area contributed by atoms with E-state index < -0.39 is 209 Å². The van der Waals surface area contributed by atoms with Gasteiger partial charge in [0, 0.05) is 37.5 Å². The summed E-state index contributed by atoms with van der Waals surface area (Å²) in [6.45, 7) is 5.00. The van der Waals surface area contributed by atoms with E-state index in [4.69, 9.17) is 39.6 Å². The van der Waals surface area contributed by atoms with Gasteiger partial charge in [-0.15, -0.1) is 0 Å². The number of carbonyl (C=O) groups excluding carboxylic acids is 3. The van der Waals surface area contributed by atoms with Gasteiger partial charge >= 0.3 is 23.9 Å². The highest BCUT2D eigenvalue weighted by molar-refractivity contribution is 5.85. The van der Waals surface area contributed by atoms with E-state index in [1.807, 2.05) is 6.92 Å². The zero-order valence-corrected chi connectivity index (χ0v) is 49.8. The predicted molar refractivity (Wildman–Crippen MR) is 308 cm³/mol. The van der Waals surface area contributed by atoms with Gasteiger partial charge in [0.1, 0.15) is 42.5 Å². The molecule has 0 aliphatic carbocycles. The molecule has 0 aromatic heterocycles. The van der Waals surface area contributed by atoms with Crippen molar-refractivity contribution in [3.05, 3.63) is 85.1 Å². The number of ether oxygens (including phenoxy) is 5. The molecule has 2 fully saturated rings. The number of fused-ring (bicyclic) bond motifs is 2. The molecular weight excluding hydrogens is 1150 g/mol. The number of nitrogens with two attached hydrogens (primary N) is 1. The number of cyclic esters (lactones) is 1. The van der Waals surface area contributed by atoms with Crippen molar-refractivity contribution < 1.29 is 129 Å². The minimum absolute atomic E-state index is 0.138. The minimum Gasteiger partial charge on any atom is -0.481 e. The Bertz CT molecular complexity index is 2310. The van der Waals surface area contributed by atoms with Gasteiger partial charge in [-0.1, -0.05) is 98.9 Å². The molecule has 18 N–H and O–H groups in total.